The average molecular weight is 368 g/mol. The van der Waals surface area contributed by atoms with Gasteiger partial charge in [-0.3, -0.25) is 9.20 Å². The van der Waals surface area contributed by atoms with Crippen molar-refractivity contribution < 1.29 is 4.21 Å². The molecule has 1 aromatic rings. The summed E-state index contributed by atoms with van der Waals surface area (Å²) in [5.74, 6) is 2.60. The van der Waals surface area contributed by atoms with Crippen molar-refractivity contribution in [2.24, 2.45) is 4.99 Å². The van der Waals surface area contributed by atoms with Gasteiger partial charge in [0.2, 0.25) is 0 Å². The molecule has 0 bridgehead atoms. The van der Waals surface area contributed by atoms with Gasteiger partial charge >= 0.3 is 0 Å². The maximum Gasteiger partial charge on any atom is 0.191 e. The molecule has 0 aromatic heterocycles. The van der Waals surface area contributed by atoms with Crippen LogP contribution in [0.25, 0.3) is 0 Å². The van der Waals surface area contributed by atoms with E-state index in [0.29, 0.717) is 18.3 Å². The Morgan fingerprint density at radius 1 is 1.29 bits per heavy atom. The van der Waals surface area contributed by atoms with Crippen LogP contribution in [0, 0.1) is 0 Å². The molecule has 2 N–H and O–H groups in total. The van der Waals surface area contributed by atoms with Crippen molar-refractivity contribution in [1.82, 2.24) is 10.6 Å². The lowest BCUT2D eigenvalue weighted by Gasteiger charge is -2.17. The quantitative estimate of drug-likeness (QED) is 0.548. The van der Waals surface area contributed by atoms with Gasteiger partial charge < -0.3 is 10.6 Å². The van der Waals surface area contributed by atoms with Gasteiger partial charge in [0.25, 0.3) is 0 Å². The van der Waals surface area contributed by atoms with E-state index in [1.54, 1.807) is 0 Å². The molecule has 1 saturated carbocycles. The Hall–Kier alpha value is -1.01. The van der Waals surface area contributed by atoms with E-state index in [2.05, 4.69) is 41.2 Å². The summed E-state index contributed by atoms with van der Waals surface area (Å²) in [5, 5.41) is 7.63. The van der Waals surface area contributed by atoms with Crippen molar-refractivity contribution in [3.05, 3.63) is 30.3 Å². The minimum absolute atomic E-state index is 0.506. The number of thioether (sulfide) groups is 1. The summed E-state index contributed by atoms with van der Waals surface area (Å²) in [6.45, 7) is 5.71. The molecule has 134 valence electrons. The van der Waals surface area contributed by atoms with Crippen LogP contribution in [-0.4, -0.2) is 46.1 Å². The van der Waals surface area contributed by atoms with Gasteiger partial charge in [-0.15, -0.1) is 0 Å². The van der Waals surface area contributed by atoms with Crippen LogP contribution in [0.5, 0.6) is 0 Å². The third-order valence-electron chi connectivity index (χ3n) is 4.02. The highest BCUT2D eigenvalue weighted by Crippen LogP contribution is 2.29. The van der Waals surface area contributed by atoms with Gasteiger partial charge in [0.1, 0.15) is 0 Å². The Bertz CT molecular complexity index is 536. The maximum absolute atomic E-state index is 12.2. The molecule has 1 aromatic carbocycles. The molecule has 0 aliphatic heterocycles. The number of rotatable bonds is 8. The fraction of sp³-hybridized carbons (Fsp3) is 0.611. The Balaban J connectivity index is 1.81. The van der Waals surface area contributed by atoms with E-state index >= 15 is 0 Å². The first kappa shape index (κ1) is 19.3. The van der Waals surface area contributed by atoms with Gasteiger partial charge in [-0.2, -0.15) is 11.8 Å². The zero-order valence-electron chi connectivity index (χ0n) is 14.7. The third-order valence-corrected chi connectivity index (χ3v) is 6.61. The molecule has 0 radical (unpaired) electrons. The smallest absolute Gasteiger partial charge is 0.191 e. The Labute approximate surface area is 152 Å². The number of benzene rings is 1. The van der Waals surface area contributed by atoms with E-state index in [9.17, 15) is 4.21 Å². The van der Waals surface area contributed by atoms with Crippen molar-refractivity contribution in [2.75, 3.05) is 24.6 Å². The number of hydrogen-bond donors (Lipinski definition) is 2. The number of nitrogens with zero attached hydrogens (tertiary/aromatic N) is 1. The number of hydrogen-bond acceptors (Lipinski definition) is 3. The van der Waals surface area contributed by atoms with E-state index in [-0.39, 0.29) is 0 Å². The highest BCUT2D eigenvalue weighted by molar-refractivity contribution is 7.99. The minimum Gasteiger partial charge on any atom is -0.357 e. The predicted molar refractivity (Wildman–Crippen MR) is 106 cm³/mol. The second-order valence-electron chi connectivity index (χ2n) is 5.86. The molecular weight excluding hydrogens is 338 g/mol. The zero-order valence-corrected chi connectivity index (χ0v) is 16.3. The van der Waals surface area contributed by atoms with Crippen molar-refractivity contribution in [3.8, 4) is 0 Å². The van der Waals surface area contributed by atoms with E-state index in [1.807, 2.05) is 30.3 Å². The molecule has 3 atom stereocenters. The molecule has 0 saturated heterocycles. The lowest BCUT2D eigenvalue weighted by molar-refractivity contribution is 0.615. The van der Waals surface area contributed by atoms with Gasteiger partial charge in [-0.25, -0.2) is 0 Å². The van der Waals surface area contributed by atoms with Crippen molar-refractivity contribution in [2.45, 2.75) is 49.3 Å². The highest BCUT2D eigenvalue weighted by atomic mass is 32.2. The molecule has 0 heterocycles. The Kier molecular flexibility index (Phi) is 8.67. The van der Waals surface area contributed by atoms with E-state index < -0.39 is 10.8 Å². The minimum atomic E-state index is -0.982. The third kappa shape index (κ3) is 6.48. The molecule has 1 fully saturated rings. The van der Waals surface area contributed by atoms with Crippen molar-refractivity contribution in [1.29, 1.82) is 0 Å². The number of guanidine groups is 1. The maximum atomic E-state index is 12.2. The van der Waals surface area contributed by atoms with Gasteiger partial charge in [0, 0.05) is 28.5 Å². The van der Waals surface area contributed by atoms with E-state index in [4.69, 9.17) is 0 Å². The summed E-state index contributed by atoms with van der Waals surface area (Å²) in [4.78, 5) is 5.48. The summed E-state index contributed by atoms with van der Waals surface area (Å²) in [5.41, 5.74) is 0. The fourth-order valence-corrected chi connectivity index (χ4v) is 5.00. The van der Waals surface area contributed by atoms with Crippen LogP contribution in [0.15, 0.2) is 40.2 Å². The van der Waals surface area contributed by atoms with Crippen LogP contribution >= 0.6 is 11.8 Å². The lowest BCUT2D eigenvalue weighted by Crippen LogP contribution is -2.42. The molecule has 1 aliphatic rings. The van der Waals surface area contributed by atoms with Gasteiger partial charge in [-0.1, -0.05) is 25.1 Å². The lowest BCUT2D eigenvalue weighted by atomic mass is 10.2. The van der Waals surface area contributed by atoms with Crippen LogP contribution in [-0.2, 0) is 10.8 Å². The summed E-state index contributed by atoms with van der Waals surface area (Å²) in [7, 11) is -0.982. The highest BCUT2D eigenvalue weighted by Gasteiger charge is 2.25. The van der Waals surface area contributed by atoms with Crippen LogP contribution < -0.4 is 10.6 Å². The summed E-state index contributed by atoms with van der Waals surface area (Å²) >= 11 is 2.06. The van der Waals surface area contributed by atoms with Gasteiger partial charge in [0.15, 0.2) is 5.96 Å². The van der Waals surface area contributed by atoms with Gasteiger partial charge in [-0.05, 0) is 44.1 Å². The first-order chi connectivity index (χ1) is 11.7. The molecule has 2 rings (SSSR count). The molecule has 0 amide bonds. The van der Waals surface area contributed by atoms with Crippen LogP contribution in [0.4, 0.5) is 0 Å². The SMILES string of the molecule is CCNC(=NCCS(=O)c1ccccc1)NC1CCC(SCC)C1. The average Bonchev–Trinajstić information content (AvgIpc) is 3.03. The largest absolute Gasteiger partial charge is 0.357 e. The first-order valence-electron chi connectivity index (χ1n) is 8.82. The number of nitrogens with one attached hydrogen (secondary N) is 2. The molecular formula is C18H29N3OS2. The van der Waals surface area contributed by atoms with Crippen LogP contribution in [0.2, 0.25) is 0 Å². The second kappa shape index (κ2) is 10.8. The van der Waals surface area contributed by atoms with Crippen molar-refractivity contribution >= 4 is 28.5 Å². The molecule has 6 heteroatoms. The molecule has 24 heavy (non-hydrogen) atoms. The molecule has 3 unspecified atom stereocenters. The van der Waals surface area contributed by atoms with Crippen LogP contribution in [0.3, 0.4) is 0 Å². The topological polar surface area (TPSA) is 53.5 Å². The van der Waals surface area contributed by atoms with Gasteiger partial charge in [0.05, 0.1) is 17.3 Å². The Morgan fingerprint density at radius 3 is 2.79 bits per heavy atom. The second-order valence-corrected chi connectivity index (χ2v) is 9.00. The summed E-state index contributed by atoms with van der Waals surface area (Å²) in [6.07, 6.45) is 3.70. The zero-order chi connectivity index (χ0) is 17.2. The standard InChI is InChI=1S/C18H29N3OS2/c1-3-19-18(21-15-10-11-16(14-15)23-4-2)20-12-13-24(22)17-8-6-5-7-9-17/h5-9,15-16H,3-4,10-14H2,1-2H3,(H2,19,20,21). The summed E-state index contributed by atoms with van der Waals surface area (Å²) in [6, 6.07) is 10.1. The summed E-state index contributed by atoms with van der Waals surface area (Å²) < 4.78 is 12.2. The normalized spacial score (nSPS) is 22.3. The monoisotopic (exact) mass is 367 g/mol. The fourth-order valence-electron chi connectivity index (χ4n) is 2.90. The van der Waals surface area contributed by atoms with Crippen molar-refractivity contribution in [3.63, 3.8) is 0 Å². The van der Waals surface area contributed by atoms with E-state index in [0.717, 1.165) is 22.6 Å². The first-order valence-corrected chi connectivity index (χ1v) is 11.2. The molecule has 4 nitrogen and oxygen atoms in total. The predicted octanol–water partition coefficient (Wildman–Crippen LogP) is 3.02. The number of aliphatic imine (C=N–C) groups is 1. The van der Waals surface area contributed by atoms with Crippen LogP contribution in [0.1, 0.15) is 33.1 Å². The molecule has 0 spiro atoms. The Morgan fingerprint density at radius 2 is 2.08 bits per heavy atom. The molecule has 1 aliphatic carbocycles. The van der Waals surface area contributed by atoms with E-state index in [1.165, 1.54) is 25.0 Å².